The highest BCUT2D eigenvalue weighted by atomic mass is 16.5. The van der Waals surface area contributed by atoms with Gasteiger partial charge in [0.25, 0.3) is 0 Å². The van der Waals surface area contributed by atoms with E-state index in [2.05, 4.69) is 10.6 Å². The van der Waals surface area contributed by atoms with E-state index in [0.717, 1.165) is 24.4 Å². The number of nitrogens with zero attached hydrogens (tertiary/aromatic N) is 2. The summed E-state index contributed by atoms with van der Waals surface area (Å²) in [6.07, 6.45) is 9.42. The van der Waals surface area contributed by atoms with Gasteiger partial charge in [0.1, 0.15) is 0 Å². The van der Waals surface area contributed by atoms with E-state index in [1.54, 1.807) is 6.07 Å². The molecule has 0 amide bonds. The summed E-state index contributed by atoms with van der Waals surface area (Å²) >= 11 is 0. The molecule has 0 N–H and O–H groups in total. The van der Waals surface area contributed by atoms with Gasteiger partial charge in [-0.3, -0.25) is 4.79 Å². The molecule has 2 heterocycles. The molecule has 0 unspecified atom stereocenters. The predicted molar refractivity (Wildman–Crippen MR) is 105 cm³/mol. The lowest BCUT2D eigenvalue weighted by Gasteiger charge is -2.15. The molecule has 0 fully saturated rings. The van der Waals surface area contributed by atoms with Gasteiger partial charge in [-0.25, -0.2) is 4.79 Å². The minimum atomic E-state index is -0.804. The van der Waals surface area contributed by atoms with Crippen molar-refractivity contribution in [2.24, 2.45) is 0 Å². The number of ketones is 1. The van der Waals surface area contributed by atoms with Crippen LogP contribution in [-0.4, -0.2) is 22.9 Å². The molecule has 0 bridgehead atoms. The third kappa shape index (κ3) is 4.50. The minimum absolute atomic E-state index is 0.137. The first kappa shape index (κ1) is 19.9. The van der Waals surface area contributed by atoms with E-state index in [1.165, 1.54) is 49.6 Å². The van der Waals surface area contributed by atoms with E-state index >= 15 is 0 Å². The van der Waals surface area contributed by atoms with Crippen LogP contribution < -0.4 is 4.73 Å². The van der Waals surface area contributed by atoms with Crippen molar-refractivity contribution in [2.45, 2.75) is 52.5 Å². The van der Waals surface area contributed by atoms with Gasteiger partial charge in [0.15, 0.2) is 12.8 Å². The highest BCUT2D eigenvalue weighted by molar-refractivity contribution is 6.00. The Hall–Kier alpha value is -2.89. The molecule has 1 aliphatic rings. The Morgan fingerprint density at radius 2 is 2.07 bits per heavy atom. The van der Waals surface area contributed by atoms with Gasteiger partial charge in [0.05, 0.1) is 0 Å². The van der Waals surface area contributed by atoms with Crippen LogP contribution in [0.3, 0.4) is 0 Å². The van der Waals surface area contributed by atoms with Crippen LogP contribution in [0.1, 0.15) is 64.3 Å². The highest BCUT2D eigenvalue weighted by Crippen LogP contribution is 2.23. The minimum Gasteiger partial charge on any atom is -0.618 e. The van der Waals surface area contributed by atoms with Gasteiger partial charge in [-0.1, -0.05) is 11.6 Å². The second-order valence-electron chi connectivity index (χ2n) is 7.21. The van der Waals surface area contributed by atoms with Gasteiger partial charge in [0.2, 0.25) is 5.78 Å². The molecule has 0 aliphatic heterocycles. The fourth-order valence-corrected chi connectivity index (χ4v) is 3.68. The standard InChI is InChI=1S/C22H26N2O4/c1-16-14-19(17(2)23(16)13-11-18-8-4-3-5-9-18)21(25)15-28-22(26)20-10-6-7-12-24(20)27/h6-8,10,12,14H,3-5,9,11,13,15H2,1-2H3. The number of esters is 1. The number of hydrogen-bond donors (Lipinski definition) is 0. The van der Waals surface area contributed by atoms with Crippen molar-refractivity contribution < 1.29 is 19.1 Å². The van der Waals surface area contributed by atoms with Crippen LogP contribution in [0.2, 0.25) is 0 Å². The second-order valence-corrected chi connectivity index (χ2v) is 7.21. The summed E-state index contributed by atoms with van der Waals surface area (Å²) < 4.78 is 7.63. The summed E-state index contributed by atoms with van der Waals surface area (Å²) in [5, 5.41) is 11.6. The number of aromatic nitrogens is 2. The Labute approximate surface area is 165 Å². The lowest BCUT2D eigenvalue weighted by Crippen LogP contribution is -2.35. The topological polar surface area (TPSA) is 75.2 Å². The first-order valence-corrected chi connectivity index (χ1v) is 9.70. The quantitative estimate of drug-likeness (QED) is 0.241. The van der Waals surface area contributed by atoms with E-state index in [-0.39, 0.29) is 18.1 Å². The average molecular weight is 382 g/mol. The van der Waals surface area contributed by atoms with E-state index in [9.17, 15) is 14.8 Å². The monoisotopic (exact) mass is 382 g/mol. The molecule has 6 nitrogen and oxygen atoms in total. The van der Waals surface area contributed by atoms with E-state index in [0.29, 0.717) is 10.3 Å². The first-order chi connectivity index (χ1) is 13.5. The van der Waals surface area contributed by atoms with Crippen LogP contribution in [0.4, 0.5) is 0 Å². The van der Waals surface area contributed by atoms with Crippen LogP contribution >= 0.6 is 0 Å². The Bertz CT molecular complexity index is 911. The summed E-state index contributed by atoms with van der Waals surface area (Å²) in [5.74, 6) is -1.07. The molecule has 0 aromatic carbocycles. The number of Topliss-reactive ketones (excluding diaryl/α,β-unsaturated/α-hetero) is 1. The second kappa shape index (κ2) is 8.87. The molecule has 0 spiro atoms. The molecule has 28 heavy (non-hydrogen) atoms. The normalized spacial score (nSPS) is 13.9. The van der Waals surface area contributed by atoms with Crippen molar-refractivity contribution in [1.29, 1.82) is 0 Å². The van der Waals surface area contributed by atoms with Crippen LogP contribution in [0.25, 0.3) is 0 Å². The van der Waals surface area contributed by atoms with Crippen molar-refractivity contribution in [2.75, 3.05) is 6.61 Å². The number of rotatable bonds is 7. The number of ether oxygens (including phenoxy) is 1. The van der Waals surface area contributed by atoms with Crippen LogP contribution in [0.15, 0.2) is 42.1 Å². The van der Waals surface area contributed by atoms with Gasteiger partial charge < -0.3 is 14.5 Å². The van der Waals surface area contributed by atoms with Gasteiger partial charge in [-0.2, -0.15) is 4.73 Å². The molecule has 0 saturated carbocycles. The van der Waals surface area contributed by atoms with E-state index < -0.39 is 5.97 Å². The Kier molecular flexibility index (Phi) is 6.29. The SMILES string of the molecule is Cc1cc(C(=O)COC(=O)c2cccc[n+]2[O-])c(C)n1CCC1=CCCCC1. The maximum absolute atomic E-state index is 12.6. The molecular formula is C22H26N2O4. The van der Waals surface area contributed by atoms with Gasteiger partial charge in [-0.05, 0) is 58.1 Å². The fourth-order valence-electron chi connectivity index (χ4n) is 3.68. The smallest absolute Gasteiger partial charge is 0.405 e. The van der Waals surface area contributed by atoms with Crippen molar-refractivity contribution in [3.8, 4) is 0 Å². The molecule has 2 aromatic heterocycles. The molecule has 148 valence electrons. The van der Waals surface area contributed by atoms with E-state index in [1.807, 2.05) is 19.9 Å². The zero-order chi connectivity index (χ0) is 20.1. The van der Waals surface area contributed by atoms with Crippen molar-refractivity contribution >= 4 is 11.8 Å². The fraction of sp³-hybridized carbons (Fsp3) is 0.409. The summed E-state index contributed by atoms with van der Waals surface area (Å²) in [7, 11) is 0. The maximum atomic E-state index is 12.6. The Morgan fingerprint density at radius 3 is 2.79 bits per heavy atom. The highest BCUT2D eigenvalue weighted by Gasteiger charge is 2.21. The predicted octanol–water partition coefficient (Wildman–Crippen LogP) is 3.67. The van der Waals surface area contributed by atoms with Gasteiger partial charge >= 0.3 is 11.7 Å². The van der Waals surface area contributed by atoms with Crippen LogP contribution in [0, 0.1) is 19.1 Å². The van der Waals surface area contributed by atoms with Crippen molar-refractivity contribution in [3.05, 3.63) is 70.0 Å². The first-order valence-electron chi connectivity index (χ1n) is 9.70. The largest absolute Gasteiger partial charge is 0.618 e. The number of carbonyl (C=O) groups excluding carboxylic acids is 2. The maximum Gasteiger partial charge on any atom is 0.405 e. The number of hydrogen-bond acceptors (Lipinski definition) is 4. The van der Waals surface area contributed by atoms with Crippen molar-refractivity contribution in [3.63, 3.8) is 0 Å². The third-order valence-electron chi connectivity index (χ3n) is 5.28. The summed E-state index contributed by atoms with van der Waals surface area (Å²) in [6, 6.07) is 6.30. The molecule has 0 radical (unpaired) electrons. The lowest BCUT2D eigenvalue weighted by molar-refractivity contribution is -0.608. The zero-order valence-corrected chi connectivity index (χ0v) is 16.4. The van der Waals surface area contributed by atoms with Gasteiger partial charge in [-0.15, -0.1) is 0 Å². The average Bonchev–Trinajstić information content (AvgIpc) is 2.99. The number of aryl methyl sites for hydroxylation is 1. The van der Waals surface area contributed by atoms with Crippen LogP contribution in [-0.2, 0) is 11.3 Å². The molecular weight excluding hydrogens is 356 g/mol. The third-order valence-corrected chi connectivity index (χ3v) is 5.28. The zero-order valence-electron chi connectivity index (χ0n) is 16.4. The molecule has 0 atom stereocenters. The lowest BCUT2D eigenvalue weighted by atomic mass is 9.97. The summed E-state index contributed by atoms with van der Waals surface area (Å²) in [4.78, 5) is 24.6. The molecule has 0 saturated heterocycles. The van der Waals surface area contributed by atoms with Gasteiger partial charge in [0, 0.05) is 35.6 Å². The van der Waals surface area contributed by atoms with Crippen molar-refractivity contribution in [1.82, 2.24) is 4.57 Å². The van der Waals surface area contributed by atoms with Crippen LogP contribution in [0.5, 0.6) is 0 Å². The Balaban J connectivity index is 1.63. The summed E-state index contributed by atoms with van der Waals surface area (Å²) in [6.45, 7) is 4.36. The van der Waals surface area contributed by atoms with E-state index in [4.69, 9.17) is 4.74 Å². The molecule has 2 aromatic rings. The number of pyridine rings is 1. The molecule has 3 rings (SSSR count). The summed E-state index contributed by atoms with van der Waals surface area (Å²) in [5.41, 5.74) is 3.82. The Morgan fingerprint density at radius 1 is 1.25 bits per heavy atom. The number of carbonyl (C=O) groups is 2. The number of allylic oxidation sites excluding steroid dienone is 2. The molecule has 1 aliphatic carbocycles. The molecule has 6 heteroatoms.